The number of anilines is 1. The van der Waals surface area contributed by atoms with E-state index in [-0.39, 0.29) is 11.3 Å². The molecule has 1 unspecified atom stereocenters. The molecule has 1 aliphatic heterocycles. The van der Waals surface area contributed by atoms with Gasteiger partial charge in [0.1, 0.15) is 23.0 Å². The molecule has 1 saturated heterocycles. The first-order valence-electron chi connectivity index (χ1n) is 10.7. The van der Waals surface area contributed by atoms with Crippen LogP contribution in [-0.2, 0) is 14.4 Å². The molecule has 0 saturated carbocycles. The van der Waals surface area contributed by atoms with Crippen LogP contribution in [0.1, 0.15) is 24.1 Å². The Morgan fingerprint density at radius 3 is 1.83 bits per heavy atom. The number of carbonyl (C=O) groups excluding carboxylic acids is 3. The number of ketones is 1. The average molecular weight is 473 g/mol. The van der Waals surface area contributed by atoms with Gasteiger partial charge in [0.2, 0.25) is 0 Å². The summed E-state index contributed by atoms with van der Waals surface area (Å²) in [5, 5.41) is 11.2. The molecule has 178 valence electrons. The third-order valence-corrected chi connectivity index (χ3v) is 5.62. The fourth-order valence-electron chi connectivity index (χ4n) is 3.95. The van der Waals surface area contributed by atoms with Crippen LogP contribution in [0.2, 0.25) is 0 Å². The zero-order valence-electron chi connectivity index (χ0n) is 19.3. The highest BCUT2D eigenvalue weighted by atomic mass is 16.5. The topological polar surface area (TPSA) is 102 Å². The van der Waals surface area contributed by atoms with Gasteiger partial charge in [-0.25, -0.2) is 0 Å². The van der Waals surface area contributed by atoms with E-state index in [1.807, 2.05) is 0 Å². The van der Waals surface area contributed by atoms with Crippen molar-refractivity contribution in [1.29, 1.82) is 0 Å². The number of Topliss-reactive ketones (excluding diaryl/α,β-unsaturated/α-hetero) is 1. The van der Waals surface area contributed by atoms with Crippen LogP contribution in [0, 0.1) is 0 Å². The second kappa shape index (κ2) is 9.72. The summed E-state index contributed by atoms with van der Waals surface area (Å²) >= 11 is 0. The van der Waals surface area contributed by atoms with Crippen molar-refractivity contribution in [3.63, 3.8) is 0 Å². The summed E-state index contributed by atoms with van der Waals surface area (Å²) in [5.41, 5.74) is 1.30. The van der Waals surface area contributed by atoms with Crippen molar-refractivity contribution in [2.75, 3.05) is 19.1 Å². The normalized spacial score (nSPS) is 16.8. The quantitative estimate of drug-likeness (QED) is 0.188. The molecule has 35 heavy (non-hydrogen) atoms. The first-order chi connectivity index (χ1) is 16.8. The van der Waals surface area contributed by atoms with E-state index in [9.17, 15) is 19.5 Å². The first-order valence-corrected chi connectivity index (χ1v) is 10.7. The van der Waals surface area contributed by atoms with Gasteiger partial charge in [0.05, 0.1) is 25.8 Å². The summed E-state index contributed by atoms with van der Waals surface area (Å²) in [6, 6.07) is 18.7. The van der Waals surface area contributed by atoms with Crippen LogP contribution >= 0.6 is 0 Å². The number of benzene rings is 3. The van der Waals surface area contributed by atoms with E-state index in [0.29, 0.717) is 34.1 Å². The number of esters is 1. The Labute approximate surface area is 202 Å². The second-order valence-electron chi connectivity index (χ2n) is 7.76. The van der Waals surface area contributed by atoms with Crippen molar-refractivity contribution in [3.05, 3.63) is 89.5 Å². The van der Waals surface area contributed by atoms with Crippen LogP contribution in [0.5, 0.6) is 17.2 Å². The van der Waals surface area contributed by atoms with E-state index in [4.69, 9.17) is 14.2 Å². The summed E-state index contributed by atoms with van der Waals surface area (Å²) in [6.07, 6.45) is 0. The Balaban J connectivity index is 1.86. The molecule has 8 nitrogen and oxygen atoms in total. The van der Waals surface area contributed by atoms with Crippen LogP contribution in [0.25, 0.3) is 5.76 Å². The van der Waals surface area contributed by atoms with Crippen LogP contribution in [0.4, 0.5) is 5.69 Å². The van der Waals surface area contributed by atoms with Gasteiger partial charge in [-0.3, -0.25) is 19.3 Å². The summed E-state index contributed by atoms with van der Waals surface area (Å²) in [7, 11) is 3.05. The van der Waals surface area contributed by atoms with Crippen molar-refractivity contribution in [2.24, 2.45) is 0 Å². The van der Waals surface area contributed by atoms with Gasteiger partial charge >= 0.3 is 5.97 Å². The number of aliphatic hydroxyl groups is 1. The third kappa shape index (κ3) is 4.59. The molecule has 0 spiro atoms. The van der Waals surface area contributed by atoms with E-state index in [1.54, 1.807) is 72.8 Å². The highest BCUT2D eigenvalue weighted by Crippen LogP contribution is 2.42. The van der Waals surface area contributed by atoms with Gasteiger partial charge in [-0.1, -0.05) is 12.1 Å². The van der Waals surface area contributed by atoms with E-state index >= 15 is 0 Å². The molecular formula is C27H23NO7. The second-order valence-corrected chi connectivity index (χ2v) is 7.76. The number of aliphatic hydroxyl groups excluding tert-OH is 1. The van der Waals surface area contributed by atoms with Gasteiger partial charge in [0, 0.05) is 18.2 Å². The average Bonchev–Trinajstić information content (AvgIpc) is 3.14. The highest BCUT2D eigenvalue weighted by Gasteiger charge is 2.47. The number of nitrogens with zero attached hydrogens (tertiary/aromatic N) is 1. The number of amides is 1. The minimum absolute atomic E-state index is 0.0591. The maximum atomic E-state index is 13.2. The molecular weight excluding hydrogens is 450 g/mol. The molecule has 1 aliphatic rings. The van der Waals surface area contributed by atoms with E-state index in [1.165, 1.54) is 26.0 Å². The molecule has 1 fully saturated rings. The molecule has 0 radical (unpaired) electrons. The molecule has 1 N–H and O–H groups in total. The van der Waals surface area contributed by atoms with Crippen LogP contribution in [0.3, 0.4) is 0 Å². The van der Waals surface area contributed by atoms with Crippen LogP contribution < -0.4 is 19.1 Å². The number of hydrogen-bond donors (Lipinski definition) is 1. The number of ether oxygens (including phenoxy) is 3. The molecule has 4 rings (SSSR count). The predicted octanol–water partition coefficient (Wildman–Crippen LogP) is 4.26. The fraction of sp³-hybridized carbons (Fsp3) is 0.148. The monoisotopic (exact) mass is 473 g/mol. The van der Waals surface area contributed by atoms with Gasteiger partial charge < -0.3 is 19.3 Å². The SMILES string of the molecule is COc1ccc(/C(O)=C2\C(=O)C(=O)N(c3ccc(OC)cc3)C2c2ccc(OC(C)=O)cc2)cc1. The highest BCUT2D eigenvalue weighted by molar-refractivity contribution is 6.51. The largest absolute Gasteiger partial charge is 0.507 e. The third-order valence-electron chi connectivity index (χ3n) is 5.62. The van der Waals surface area contributed by atoms with Crippen LogP contribution in [0.15, 0.2) is 78.4 Å². The van der Waals surface area contributed by atoms with Gasteiger partial charge in [0.15, 0.2) is 0 Å². The fourth-order valence-corrected chi connectivity index (χ4v) is 3.95. The van der Waals surface area contributed by atoms with Crippen molar-refractivity contribution in [2.45, 2.75) is 13.0 Å². The van der Waals surface area contributed by atoms with Crippen molar-refractivity contribution >= 4 is 29.1 Å². The predicted molar refractivity (Wildman–Crippen MR) is 129 cm³/mol. The molecule has 1 atom stereocenters. The van der Waals surface area contributed by atoms with Gasteiger partial charge in [-0.05, 0) is 66.2 Å². The van der Waals surface area contributed by atoms with E-state index in [0.717, 1.165) is 0 Å². The Hall–Kier alpha value is -4.59. The van der Waals surface area contributed by atoms with Gasteiger partial charge in [-0.2, -0.15) is 0 Å². The van der Waals surface area contributed by atoms with E-state index in [2.05, 4.69) is 0 Å². The summed E-state index contributed by atoms with van der Waals surface area (Å²) in [6.45, 7) is 1.29. The summed E-state index contributed by atoms with van der Waals surface area (Å²) in [5.74, 6) is -0.887. The summed E-state index contributed by atoms with van der Waals surface area (Å²) in [4.78, 5) is 39.1. The Morgan fingerprint density at radius 1 is 0.800 bits per heavy atom. The van der Waals surface area contributed by atoms with Crippen molar-refractivity contribution in [1.82, 2.24) is 0 Å². The molecule has 8 heteroatoms. The standard InChI is InChI=1S/C27H23NO7/c1-16(29)35-22-12-4-17(5-13-22)24-23(25(30)18-6-10-20(33-2)11-7-18)26(31)27(32)28(24)19-8-14-21(34-3)15-9-19/h4-15,24,30H,1-3H3/b25-23+. The number of methoxy groups -OCH3 is 2. The zero-order chi connectivity index (χ0) is 25.1. The van der Waals surface area contributed by atoms with Gasteiger partial charge in [-0.15, -0.1) is 0 Å². The Morgan fingerprint density at radius 2 is 1.31 bits per heavy atom. The molecule has 0 aromatic heterocycles. The summed E-state index contributed by atoms with van der Waals surface area (Å²) < 4.78 is 15.5. The zero-order valence-corrected chi connectivity index (χ0v) is 19.3. The maximum absolute atomic E-state index is 13.2. The number of carbonyl (C=O) groups is 3. The first kappa shape index (κ1) is 23.6. The maximum Gasteiger partial charge on any atom is 0.308 e. The minimum Gasteiger partial charge on any atom is -0.507 e. The number of rotatable bonds is 6. The van der Waals surface area contributed by atoms with Crippen molar-refractivity contribution in [3.8, 4) is 17.2 Å². The molecule has 3 aromatic carbocycles. The Kier molecular flexibility index (Phi) is 6.55. The lowest BCUT2D eigenvalue weighted by Crippen LogP contribution is -2.29. The smallest absolute Gasteiger partial charge is 0.308 e. The van der Waals surface area contributed by atoms with E-state index < -0.39 is 23.7 Å². The van der Waals surface area contributed by atoms with Crippen molar-refractivity contribution < 1.29 is 33.7 Å². The Bertz CT molecular complexity index is 1290. The number of hydrogen-bond acceptors (Lipinski definition) is 7. The lowest BCUT2D eigenvalue weighted by atomic mass is 9.95. The molecule has 0 aliphatic carbocycles. The molecule has 1 amide bonds. The lowest BCUT2D eigenvalue weighted by molar-refractivity contribution is -0.132. The van der Waals surface area contributed by atoms with Crippen LogP contribution in [-0.4, -0.2) is 37.0 Å². The van der Waals surface area contributed by atoms with Gasteiger partial charge in [0.25, 0.3) is 11.7 Å². The lowest BCUT2D eigenvalue weighted by Gasteiger charge is -2.25. The molecule has 3 aromatic rings. The molecule has 1 heterocycles. The minimum atomic E-state index is -0.920. The molecule has 0 bridgehead atoms.